The third kappa shape index (κ3) is 8.82. The van der Waals surface area contributed by atoms with Crippen molar-refractivity contribution in [1.82, 2.24) is 15.5 Å². The van der Waals surface area contributed by atoms with Crippen molar-refractivity contribution in [2.45, 2.75) is 69.3 Å². The highest BCUT2D eigenvalue weighted by molar-refractivity contribution is 5.95. The fourth-order valence-corrected chi connectivity index (χ4v) is 3.46. The van der Waals surface area contributed by atoms with Gasteiger partial charge in [0, 0.05) is 13.1 Å². The highest BCUT2D eigenvalue weighted by atomic mass is 16.4. The summed E-state index contributed by atoms with van der Waals surface area (Å²) in [7, 11) is 0. The highest BCUT2D eigenvalue weighted by Gasteiger charge is 2.38. The van der Waals surface area contributed by atoms with Gasteiger partial charge in [0.2, 0.25) is 17.7 Å². The maximum atomic E-state index is 13.1. The monoisotopic (exact) mass is 487 g/mol. The normalized spacial score (nSPS) is 18.8. The van der Waals surface area contributed by atoms with E-state index in [1.54, 1.807) is 0 Å². The van der Waals surface area contributed by atoms with Crippen LogP contribution in [0.3, 0.4) is 0 Å². The quantitative estimate of drug-likeness (QED) is 0.0710. The Hall–Kier alpha value is -3.46. The Bertz CT molecular complexity index is 800. The Labute approximate surface area is 195 Å². The molecule has 1 saturated heterocycles. The maximum Gasteiger partial charge on any atom is 0.326 e. The van der Waals surface area contributed by atoms with Gasteiger partial charge in [-0.15, -0.1) is 0 Å². The molecule has 0 spiro atoms. The molecule has 34 heavy (non-hydrogen) atoms. The Balaban J connectivity index is 3.00. The minimum atomic E-state index is -1.55. The molecule has 0 bridgehead atoms. The minimum absolute atomic E-state index is 0.0448. The number of guanidine groups is 1. The van der Waals surface area contributed by atoms with E-state index in [1.807, 2.05) is 0 Å². The fourth-order valence-electron chi connectivity index (χ4n) is 3.46. The Morgan fingerprint density at radius 2 is 1.76 bits per heavy atom. The van der Waals surface area contributed by atoms with E-state index in [-0.39, 0.29) is 38.3 Å². The van der Waals surface area contributed by atoms with Crippen LogP contribution >= 0.6 is 0 Å². The van der Waals surface area contributed by atoms with Crippen LogP contribution in [0, 0.1) is 0 Å². The Morgan fingerprint density at radius 3 is 2.29 bits per heavy atom. The minimum Gasteiger partial charge on any atom is -0.481 e. The molecule has 5 atom stereocenters. The topological polar surface area (TPSA) is 264 Å². The van der Waals surface area contributed by atoms with Crippen LogP contribution in [0.25, 0.3) is 0 Å². The van der Waals surface area contributed by atoms with E-state index in [0.29, 0.717) is 6.42 Å². The largest absolute Gasteiger partial charge is 0.481 e. The van der Waals surface area contributed by atoms with Crippen LogP contribution in [0.2, 0.25) is 0 Å². The Kier molecular flexibility index (Phi) is 11.2. The van der Waals surface area contributed by atoms with Crippen LogP contribution in [0.1, 0.15) is 39.0 Å². The molecule has 0 aromatic heterocycles. The smallest absolute Gasteiger partial charge is 0.326 e. The number of aliphatic imine (C=N–C) groups is 1. The second-order valence-corrected chi connectivity index (χ2v) is 7.97. The van der Waals surface area contributed by atoms with Gasteiger partial charge in [-0.1, -0.05) is 0 Å². The van der Waals surface area contributed by atoms with Crippen LogP contribution < -0.4 is 27.8 Å². The molecule has 15 heteroatoms. The van der Waals surface area contributed by atoms with Gasteiger partial charge in [0.15, 0.2) is 5.96 Å². The molecule has 1 aliphatic heterocycles. The molecule has 15 nitrogen and oxygen atoms in total. The summed E-state index contributed by atoms with van der Waals surface area (Å²) < 4.78 is 0. The molecule has 192 valence electrons. The van der Waals surface area contributed by atoms with Crippen molar-refractivity contribution in [3.63, 3.8) is 0 Å². The first-order chi connectivity index (χ1) is 15.8. The van der Waals surface area contributed by atoms with Crippen LogP contribution in [-0.4, -0.2) is 99.2 Å². The third-order valence-corrected chi connectivity index (χ3v) is 5.17. The number of nitrogens with one attached hydrogen (secondary N) is 2. The number of amides is 3. The molecule has 1 fully saturated rings. The summed E-state index contributed by atoms with van der Waals surface area (Å²) in [5, 5.41) is 32.8. The van der Waals surface area contributed by atoms with Gasteiger partial charge in [0.05, 0.1) is 18.6 Å². The summed E-state index contributed by atoms with van der Waals surface area (Å²) in [6, 6.07) is -5.24. The molecule has 0 saturated carbocycles. The van der Waals surface area contributed by atoms with Gasteiger partial charge in [-0.3, -0.25) is 24.2 Å². The van der Waals surface area contributed by atoms with E-state index in [9.17, 15) is 34.2 Å². The lowest BCUT2D eigenvalue weighted by Crippen LogP contribution is -2.59. The number of carboxylic acids is 2. The predicted octanol–water partition coefficient (Wildman–Crippen LogP) is -3.73. The van der Waals surface area contributed by atoms with Crippen LogP contribution in [0.4, 0.5) is 0 Å². The van der Waals surface area contributed by atoms with E-state index in [4.69, 9.17) is 22.3 Å². The van der Waals surface area contributed by atoms with Crippen molar-refractivity contribution in [2.24, 2.45) is 22.2 Å². The van der Waals surface area contributed by atoms with Gasteiger partial charge in [-0.05, 0) is 32.6 Å². The molecular formula is C19H33N7O8. The number of carbonyl (C=O) groups is 5. The Morgan fingerprint density at radius 1 is 1.12 bits per heavy atom. The first-order valence-electron chi connectivity index (χ1n) is 10.7. The molecule has 3 amide bonds. The van der Waals surface area contributed by atoms with E-state index in [0.717, 1.165) is 4.90 Å². The van der Waals surface area contributed by atoms with Crippen molar-refractivity contribution >= 4 is 35.6 Å². The summed E-state index contributed by atoms with van der Waals surface area (Å²) in [5.41, 5.74) is 16.0. The number of aliphatic hydroxyl groups is 1. The number of nitrogens with two attached hydrogens (primary N) is 3. The highest BCUT2D eigenvalue weighted by Crippen LogP contribution is 2.19. The molecule has 1 aliphatic rings. The second kappa shape index (κ2) is 13.3. The van der Waals surface area contributed by atoms with E-state index in [2.05, 4.69) is 15.6 Å². The predicted molar refractivity (Wildman–Crippen MR) is 118 cm³/mol. The van der Waals surface area contributed by atoms with Crippen molar-refractivity contribution in [2.75, 3.05) is 13.1 Å². The van der Waals surface area contributed by atoms with E-state index < -0.39 is 66.4 Å². The average Bonchev–Trinajstić information content (AvgIpc) is 3.22. The van der Waals surface area contributed by atoms with Gasteiger partial charge >= 0.3 is 11.9 Å². The molecular weight excluding hydrogens is 454 g/mol. The van der Waals surface area contributed by atoms with E-state index >= 15 is 0 Å². The number of hydrogen-bond acceptors (Lipinski definition) is 8. The zero-order valence-corrected chi connectivity index (χ0v) is 18.8. The number of likely N-dealkylation sites (tertiary alicyclic amines) is 1. The lowest BCUT2D eigenvalue weighted by Gasteiger charge is -2.29. The maximum absolute atomic E-state index is 13.1. The molecule has 11 N–H and O–H groups in total. The molecule has 1 rings (SSSR count). The van der Waals surface area contributed by atoms with Crippen molar-refractivity contribution in [1.29, 1.82) is 0 Å². The number of aliphatic carboxylic acids is 2. The summed E-state index contributed by atoms with van der Waals surface area (Å²) >= 11 is 0. The summed E-state index contributed by atoms with van der Waals surface area (Å²) in [6.45, 7) is 1.55. The fraction of sp³-hybridized carbons (Fsp3) is 0.684. The number of aliphatic hydroxyl groups excluding tert-OH is 1. The number of nitrogens with zero attached hydrogens (tertiary/aromatic N) is 2. The average molecular weight is 488 g/mol. The zero-order valence-electron chi connectivity index (χ0n) is 18.8. The third-order valence-electron chi connectivity index (χ3n) is 5.17. The van der Waals surface area contributed by atoms with Gasteiger partial charge < -0.3 is 48.1 Å². The molecule has 0 aromatic carbocycles. The van der Waals surface area contributed by atoms with Crippen molar-refractivity contribution < 1.29 is 39.3 Å². The summed E-state index contributed by atoms with van der Waals surface area (Å²) in [6.07, 6.45) is -1.07. The molecule has 0 aromatic rings. The van der Waals surface area contributed by atoms with Crippen molar-refractivity contribution in [3.8, 4) is 0 Å². The van der Waals surface area contributed by atoms with Gasteiger partial charge in [0.25, 0.3) is 0 Å². The number of carbonyl (C=O) groups excluding carboxylic acids is 3. The number of hydrogen-bond donors (Lipinski definition) is 8. The van der Waals surface area contributed by atoms with Crippen molar-refractivity contribution in [3.05, 3.63) is 0 Å². The van der Waals surface area contributed by atoms with Crippen LogP contribution in [-0.2, 0) is 24.0 Å². The van der Waals surface area contributed by atoms with E-state index in [1.165, 1.54) is 6.92 Å². The molecule has 0 radical (unpaired) electrons. The van der Waals surface area contributed by atoms with Gasteiger partial charge in [0.1, 0.15) is 18.1 Å². The van der Waals surface area contributed by atoms with Gasteiger partial charge in [-0.25, -0.2) is 4.79 Å². The lowest BCUT2D eigenvalue weighted by molar-refractivity contribution is -0.149. The molecule has 0 aliphatic carbocycles. The first-order valence-corrected chi connectivity index (χ1v) is 10.7. The molecule has 5 unspecified atom stereocenters. The number of carboxylic acid groups (broad SMARTS) is 2. The van der Waals surface area contributed by atoms with Crippen LogP contribution in [0.5, 0.6) is 0 Å². The standard InChI is InChI=1S/C19H33N7O8/c1-9(27)14(25-15(30)10(20)8-13(28)29)16(31)24-11(4-2-6-23-19(21)22)17(32)26-7-3-5-12(26)18(33)34/h9-12,14,27H,2-8,20H2,1H3,(H,24,31)(H,25,30)(H,28,29)(H,33,34)(H4,21,22,23). The summed E-state index contributed by atoms with van der Waals surface area (Å²) in [4.78, 5) is 65.3. The van der Waals surface area contributed by atoms with Gasteiger partial charge in [-0.2, -0.15) is 0 Å². The van der Waals surface area contributed by atoms with Crippen LogP contribution in [0.15, 0.2) is 4.99 Å². The second-order valence-electron chi connectivity index (χ2n) is 7.97. The first kappa shape index (κ1) is 28.6. The molecule has 1 heterocycles. The SMILES string of the molecule is CC(O)C(NC(=O)C(N)CC(=O)O)C(=O)NC(CCCN=C(N)N)C(=O)N1CCCC1C(=O)O. The zero-order chi connectivity index (χ0) is 26.0. The number of rotatable bonds is 13. The summed E-state index contributed by atoms with van der Waals surface area (Å²) in [5.74, 6) is -5.21. The lowest BCUT2D eigenvalue weighted by atomic mass is 10.1.